The molecule has 0 aliphatic rings. The van der Waals surface area contributed by atoms with Gasteiger partial charge in [0.1, 0.15) is 11.9 Å². The van der Waals surface area contributed by atoms with Gasteiger partial charge in [0.25, 0.3) is 0 Å². The Kier molecular flexibility index (Phi) is 4.09. The molecule has 2 N–H and O–H groups in total. The fourth-order valence-corrected chi connectivity index (χ4v) is 1.98. The number of nitrogens with zero attached hydrogens (tertiary/aromatic N) is 6. The highest BCUT2D eigenvalue weighted by Crippen LogP contribution is 2.13. The van der Waals surface area contributed by atoms with Gasteiger partial charge in [-0.25, -0.2) is 4.98 Å². The van der Waals surface area contributed by atoms with Gasteiger partial charge in [-0.3, -0.25) is 9.89 Å². The second-order valence-corrected chi connectivity index (χ2v) is 5.03. The maximum absolute atomic E-state index is 12.2. The highest BCUT2D eigenvalue weighted by Gasteiger charge is 2.18. The molecule has 9 nitrogen and oxygen atoms in total. The zero-order chi connectivity index (χ0) is 16.2. The summed E-state index contributed by atoms with van der Waals surface area (Å²) in [7, 11) is 0. The van der Waals surface area contributed by atoms with Gasteiger partial charge in [-0.1, -0.05) is 30.3 Å². The van der Waals surface area contributed by atoms with Crippen molar-refractivity contribution in [3.05, 3.63) is 42.0 Å². The van der Waals surface area contributed by atoms with Gasteiger partial charge in [-0.2, -0.15) is 9.90 Å². The number of aromatic amines is 1. The van der Waals surface area contributed by atoms with Crippen LogP contribution in [-0.2, 0) is 11.3 Å². The predicted molar refractivity (Wildman–Crippen MR) is 80.9 cm³/mol. The molecule has 1 atom stereocenters. The molecule has 1 amide bonds. The van der Waals surface area contributed by atoms with E-state index in [1.807, 2.05) is 30.3 Å². The monoisotopic (exact) mass is 312 g/mol. The van der Waals surface area contributed by atoms with Crippen molar-refractivity contribution in [1.29, 1.82) is 0 Å². The Morgan fingerprint density at radius 2 is 2.13 bits per heavy atom. The molecule has 2 aromatic heterocycles. The van der Waals surface area contributed by atoms with Crippen LogP contribution in [0.1, 0.15) is 24.6 Å². The number of aryl methyl sites for hydroxylation is 1. The lowest BCUT2D eigenvalue weighted by Gasteiger charge is -2.09. The van der Waals surface area contributed by atoms with Crippen LogP contribution in [0, 0.1) is 6.92 Å². The zero-order valence-electron chi connectivity index (χ0n) is 12.8. The Balaban J connectivity index is 1.64. The highest BCUT2D eigenvalue weighted by molar-refractivity contribution is 5.79. The molecular formula is C14H16N8O. The number of carbonyl (C=O) groups is 1. The van der Waals surface area contributed by atoms with Crippen molar-refractivity contribution in [1.82, 2.24) is 40.7 Å². The summed E-state index contributed by atoms with van der Waals surface area (Å²) < 4.78 is 0. The Bertz CT molecular complexity index is 794. The Labute approximate surface area is 132 Å². The van der Waals surface area contributed by atoms with Crippen molar-refractivity contribution in [3.8, 4) is 11.4 Å². The van der Waals surface area contributed by atoms with Crippen LogP contribution in [0.15, 0.2) is 30.3 Å². The van der Waals surface area contributed by atoms with E-state index in [0.29, 0.717) is 17.5 Å². The number of rotatable bonds is 5. The molecule has 9 heteroatoms. The van der Waals surface area contributed by atoms with Crippen molar-refractivity contribution in [2.45, 2.75) is 26.4 Å². The van der Waals surface area contributed by atoms with Crippen LogP contribution >= 0.6 is 0 Å². The lowest BCUT2D eigenvalue weighted by atomic mass is 10.2. The first-order valence-electron chi connectivity index (χ1n) is 7.14. The molecule has 0 aliphatic heterocycles. The first kappa shape index (κ1) is 14.8. The summed E-state index contributed by atoms with van der Waals surface area (Å²) in [4.78, 5) is 17.6. The third-order valence-corrected chi connectivity index (χ3v) is 3.25. The largest absolute Gasteiger partial charge is 0.347 e. The number of nitrogens with one attached hydrogen (secondary N) is 2. The molecule has 0 fully saturated rings. The second kappa shape index (κ2) is 6.34. The van der Waals surface area contributed by atoms with E-state index in [9.17, 15) is 4.79 Å². The fourth-order valence-electron chi connectivity index (χ4n) is 1.98. The number of benzene rings is 1. The molecule has 0 saturated carbocycles. The van der Waals surface area contributed by atoms with E-state index >= 15 is 0 Å². The van der Waals surface area contributed by atoms with Gasteiger partial charge in [0.15, 0.2) is 5.82 Å². The topological polar surface area (TPSA) is 114 Å². The molecule has 0 aliphatic carbocycles. The number of hydrogen-bond donors (Lipinski definition) is 2. The Morgan fingerprint density at radius 3 is 2.83 bits per heavy atom. The summed E-state index contributed by atoms with van der Waals surface area (Å²) >= 11 is 0. The number of amides is 1. The van der Waals surface area contributed by atoms with E-state index in [0.717, 1.165) is 5.56 Å². The molecule has 0 spiro atoms. The van der Waals surface area contributed by atoms with Crippen LogP contribution in [0.25, 0.3) is 11.4 Å². The van der Waals surface area contributed by atoms with Crippen molar-refractivity contribution in [2.24, 2.45) is 0 Å². The number of aromatic nitrogens is 7. The third kappa shape index (κ3) is 3.39. The van der Waals surface area contributed by atoms with Crippen molar-refractivity contribution in [2.75, 3.05) is 0 Å². The quantitative estimate of drug-likeness (QED) is 0.714. The molecule has 0 radical (unpaired) electrons. The summed E-state index contributed by atoms with van der Waals surface area (Å²) in [5.74, 6) is 1.48. The number of H-pyrrole nitrogens is 1. The van der Waals surface area contributed by atoms with E-state index in [1.54, 1.807) is 13.8 Å². The number of carbonyl (C=O) groups excluding carboxylic acids is 1. The molecule has 1 aromatic carbocycles. The summed E-state index contributed by atoms with van der Waals surface area (Å²) in [6.07, 6.45) is 0. The normalized spacial score (nSPS) is 12.1. The van der Waals surface area contributed by atoms with Gasteiger partial charge >= 0.3 is 0 Å². The average Bonchev–Trinajstić information content (AvgIpc) is 3.22. The van der Waals surface area contributed by atoms with Crippen molar-refractivity contribution in [3.63, 3.8) is 0 Å². The smallest absolute Gasteiger partial charge is 0.246 e. The minimum absolute atomic E-state index is 0.232. The van der Waals surface area contributed by atoms with E-state index in [4.69, 9.17) is 0 Å². The van der Waals surface area contributed by atoms with Gasteiger partial charge in [0.2, 0.25) is 11.7 Å². The van der Waals surface area contributed by atoms with Crippen LogP contribution in [-0.4, -0.2) is 41.3 Å². The van der Waals surface area contributed by atoms with Crippen LogP contribution in [0.5, 0.6) is 0 Å². The standard InChI is InChI=1S/C14H16N8O/c1-9(14(23)15-8-12-16-10(2)17-18-12)22-20-13(19-21-22)11-6-4-3-5-7-11/h3-7,9H,8H2,1-2H3,(H,15,23)(H,16,17,18)/t9-/m1/s1. The van der Waals surface area contributed by atoms with Crippen LogP contribution in [0.4, 0.5) is 0 Å². The van der Waals surface area contributed by atoms with Crippen LogP contribution in [0.3, 0.4) is 0 Å². The van der Waals surface area contributed by atoms with Crippen LogP contribution in [0.2, 0.25) is 0 Å². The molecule has 0 saturated heterocycles. The number of tetrazole rings is 1. The van der Waals surface area contributed by atoms with Crippen LogP contribution < -0.4 is 5.32 Å². The second-order valence-electron chi connectivity index (χ2n) is 5.03. The first-order chi connectivity index (χ1) is 11.1. The van der Waals surface area contributed by atoms with Gasteiger partial charge in [-0.05, 0) is 19.1 Å². The van der Waals surface area contributed by atoms with Crippen molar-refractivity contribution < 1.29 is 4.79 Å². The average molecular weight is 312 g/mol. The molecule has 3 rings (SSSR count). The Hall–Kier alpha value is -3.10. The minimum Gasteiger partial charge on any atom is -0.347 e. The van der Waals surface area contributed by atoms with Crippen molar-refractivity contribution >= 4 is 5.91 Å². The molecule has 0 bridgehead atoms. The summed E-state index contributed by atoms with van der Waals surface area (Å²) in [5, 5.41) is 21.6. The molecular weight excluding hydrogens is 296 g/mol. The summed E-state index contributed by atoms with van der Waals surface area (Å²) in [5.41, 5.74) is 0.850. The maximum atomic E-state index is 12.2. The van der Waals surface area contributed by atoms with E-state index in [2.05, 4.69) is 35.9 Å². The summed E-state index contributed by atoms with van der Waals surface area (Å²) in [6, 6.07) is 8.89. The first-order valence-corrected chi connectivity index (χ1v) is 7.14. The number of hydrogen-bond acceptors (Lipinski definition) is 6. The van der Waals surface area contributed by atoms with Gasteiger partial charge in [0.05, 0.1) is 6.54 Å². The molecule has 0 unspecified atom stereocenters. The lowest BCUT2D eigenvalue weighted by Crippen LogP contribution is -2.32. The zero-order valence-corrected chi connectivity index (χ0v) is 12.8. The maximum Gasteiger partial charge on any atom is 0.246 e. The SMILES string of the molecule is Cc1nc(CNC(=O)[C@@H](C)n2nnc(-c3ccccc3)n2)n[nH]1. The minimum atomic E-state index is -0.583. The molecule has 2 heterocycles. The van der Waals surface area contributed by atoms with E-state index in [1.165, 1.54) is 4.80 Å². The third-order valence-electron chi connectivity index (χ3n) is 3.25. The molecule has 23 heavy (non-hydrogen) atoms. The van der Waals surface area contributed by atoms with E-state index < -0.39 is 6.04 Å². The van der Waals surface area contributed by atoms with E-state index in [-0.39, 0.29) is 12.5 Å². The van der Waals surface area contributed by atoms with Gasteiger partial charge in [0, 0.05) is 5.56 Å². The predicted octanol–water partition coefficient (Wildman–Crippen LogP) is 0.644. The molecule has 118 valence electrons. The highest BCUT2D eigenvalue weighted by atomic mass is 16.2. The van der Waals surface area contributed by atoms with Gasteiger partial charge in [-0.15, -0.1) is 10.2 Å². The summed E-state index contributed by atoms with van der Waals surface area (Å²) in [6.45, 7) is 3.74. The fraction of sp³-hybridized carbons (Fsp3) is 0.286. The van der Waals surface area contributed by atoms with Gasteiger partial charge < -0.3 is 5.32 Å². The molecule has 3 aromatic rings. The Morgan fingerprint density at radius 1 is 1.35 bits per heavy atom. The lowest BCUT2D eigenvalue weighted by molar-refractivity contribution is -0.124.